The van der Waals surface area contributed by atoms with Crippen molar-refractivity contribution in [1.82, 2.24) is 14.6 Å². The summed E-state index contributed by atoms with van der Waals surface area (Å²) >= 11 is 0. The van der Waals surface area contributed by atoms with Crippen LogP contribution in [0.1, 0.15) is 12.6 Å². The largest absolute Gasteiger partial charge is 0.381 e. The molecule has 0 aliphatic rings. The van der Waals surface area contributed by atoms with Crippen molar-refractivity contribution in [2.45, 2.75) is 13.0 Å². The zero-order valence-corrected chi connectivity index (χ0v) is 7.68. The lowest BCUT2D eigenvalue weighted by molar-refractivity contribution is 0.253. The molecule has 70 valence electrons. The van der Waals surface area contributed by atoms with Gasteiger partial charge in [0.2, 0.25) is 0 Å². The molecule has 2 heterocycles. The maximum atomic E-state index is 8.97. The number of rotatable bonds is 0. The number of nitrogens with zero attached hydrogens (tertiary/aromatic N) is 3. The highest BCUT2D eigenvalue weighted by Crippen LogP contribution is 1.99. The molecule has 0 bridgehead atoms. The van der Waals surface area contributed by atoms with Gasteiger partial charge in [0.1, 0.15) is 11.8 Å². The summed E-state index contributed by atoms with van der Waals surface area (Å²) in [7, 11) is 0. The molecular weight excluding hydrogens is 178 g/mol. The van der Waals surface area contributed by atoms with Crippen LogP contribution in [0.25, 0.3) is 5.65 Å². The standard InChI is InChI=1S/C10H9N3O/c1-8(14)2-3-9-4-5-10-11-6-7-13(10)12-9/h4-8,14H,1H3/t8-/m1/s1. The van der Waals surface area contributed by atoms with Gasteiger partial charge in [-0.3, -0.25) is 0 Å². The van der Waals surface area contributed by atoms with Crippen LogP contribution in [0.3, 0.4) is 0 Å². The second-order valence-corrected chi connectivity index (χ2v) is 2.89. The number of imidazole rings is 1. The van der Waals surface area contributed by atoms with Gasteiger partial charge in [0, 0.05) is 12.4 Å². The molecule has 0 unspecified atom stereocenters. The number of aromatic nitrogens is 3. The summed E-state index contributed by atoms with van der Waals surface area (Å²) in [6, 6.07) is 3.61. The van der Waals surface area contributed by atoms with Crippen molar-refractivity contribution in [2.24, 2.45) is 0 Å². The molecular formula is C10H9N3O. The second kappa shape index (κ2) is 3.48. The average molecular weight is 187 g/mol. The predicted molar refractivity (Wildman–Crippen MR) is 51.5 cm³/mol. The Bertz CT molecular complexity index is 505. The average Bonchev–Trinajstić information content (AvgIpc) is 2.61. The summed E-state index contributed by atoms with van der Waals surface area (Å²) in [5.41, 5.74) is 1.41. The lowest BCUT2D eigenvalue weighted by Gasteiger charge is -1.93. The normalized spacial score (nSPS) is 12.1. The summed E-state index contributed by atoms with van der Waals surface area (Å²) in [6.07, 6.45) is 2.80. The van der Waals surface area contributed by atoms with Crippen molar-refractivity contribution in [3.63, 3.8) is 0 Å². The van der Waals surface area contributed by atoms with E-state index in [-0.39, 0.29) is 0 Å². The quantitative estimate of drug-likeness (QED) is 0.610. The minimum Gasteiger partial charge on any atom is -0.381 e. The summed E-state index contributed by atoms with van der Waals surface area (Å²) in [5.74, 6) is 5.39. The fourth-order valence-electron chi connectivity index (χ4n) is 1.06. The van der Waals surface area contributed by atoms with E-state index in [0.29, 0.717) is 5.69 Å². The number of hydrogen-bond donors (Lipinski definition) is 1. The molecule has 4 nitrogen and oxygen atoms in total. The molecule has 0 radical (unpaired) electrons. The molecule has 2 aromatic heterocycles. The van der Waals surface area contributed by atoms with E-state index in [1.807, 2.05) is 6.07 Å². The Morgan fingerprint density at radius 2 is 2.36 bits per heavy atom. The summed E-state index contributed by atoms with van der Waals surface area (Å²) in [6.45, 7) is 1.61. The molecule has 0 aliphatic carbocycles. The van der Waals surface area contributed by atoms with Crippen LogP contribution in [0.2, 0.25) is 0 Å². The van der Waals surface area contributed by atoms with Gasteiger partial charge in [-0.05, 0) is 25.0 Å². The number of hydrogen-bond acceptors (Lipinski definition) is 3. The zero-order chi connectivity index (χ0) is 9.97. The topological polar surface area (TPSA) is 50.4 Å². The fraction of sp³-hybridized carbons (Fsp3) is 0.200. The molecule has 0 spiro atoms. The Morgan fingerprint density at radius 3 is 3.14 bits per heavy atom. The van der Waals surface area contributed by atoms with E-state index in [2.05, 4.69) is 21.9 Å². The summed E-state index contributed by atoms with van der Waals surface area (Å²) < 4.78 is 1.64. The summed E-state index contributed by atoms with van der Waals surface area (Å²) in [5, 5.41) is 13.1. The molecule has 0 fully saturated rings. The minimum atomic E-state index is -0.629. The van der Waals surface area contributed by atoms with E-state index < -0.39 is 6.10 Å². The Morgan fingerprint density at radius 1 is 1.50 bits per heavy atom. The Labute approximate surface area is 81.2 Å². The second-order valence-electron chi connectivity index (χ2n) is 2.89. The highest BCUT2D eigenvalue weighted by atomic mass is 16.3. The van der Waals surface area contributed by atoms with Gasteiger partial charge in [-0.1, -0.05) is 5.92 Å². The van der Waals surface area contributed by atoms with E-state index >= 15 is 0 Å². The molecule has 2 aromatic rings. The van der Waals surface area contributed by atoms with Crippen molar-refractivity contribution in [3.05, 3.63) is 30.2 Å². The number of fused-ring (bicyclic) bond motifs is 1. The summed E-state index contributed by atoms with van der Waals surface area (Å²) in [4.78, 5) is 4.06. The molecule has 14 heavy (non-hydrogen) atoms. The molecule has 1 atom stereocenters. The Hall–Kier alpha value is -1.86. The molecule has 0 aromatic carbocycles. The van der Waals surface area contributed by atoms with Crippen molar-refractivity contribution in [3.8, 4) is 11.8 Å². The molecule has 4 heteroatoms. The minimum absolute atomic E-state index is 0.622. The SMILES string of the molecule is C[C@@H](O)C#Cc1ccc2nccn2n1. The molecule has 0 aliphatic heterocycles. The Kier molecular flexibility index (Phi) is 2.17. The van der Waals surface area contributed by atoms with Crippen LogP contribution in [-0.2, 0) is 0 Å². The highest BCUT2D eigenvalue weighted by Gasteiger charge is 1.94. The third-order valence-corrected chi connectivity index (χ3v) is 1.66. The van der Waals surface area contributed by atoms with Crippen molar-refractivity contribution >= 4 is 5.65 Å². The number of aliphatic hydroxyl groups excluding tert-OH is 1. The van der Waals surface area contributed by atoms with Crippen LogP contribution >= 0.6 is 0 Å². The molecule has 0 amide bonds. The van der Waals surface area contributed by atoms with Crippen LogP contribution in [0, 0.1) is 11.8 Å². The van der Waals surface area contributed by atoms with Crippen molar-refractivity contribution in [1.29, 1.82) is 0 Å². The van der Waals surface area contributed by atoms with E-state index in [9.17, 15) is 0 Å². The van der Waals surface area contributed by atoms with Crippen molar-refractivity contribution < 1.29 is 5.11 Å². The van der Waals surface area contributed by atoms with E-state index in [0.717, 1.165) is 5.65 Å². The first-order valence-electron chi connectivity index (χ1n) is 4.26. The molecule has 0 saturated heterocycles. The van der Waals surface area contributed by atoms with E-state index in [4.69, 9.17) is 5.11 Å². The first kappa shape index (κ1) is 8.73. The van der Waals surface area contributed by atoms with E-state index in [1.54, 1.807) is 29.9 Å². The first-order valence-corrected chi connectivity index (χ1v) is 4.26. The molecule has 0 saturated carbocycles. The first-order chi connectivity index (χ1) is 6.75. The van der Waals surface area contributed by atoms with Gasteiger partial charge in [0.25, 0.3) is 0 Å². The van der Waals surface area contributed by atoms with Crippen LogP contribution in [0.4, 0.5) is 0 Å². The van der Waals surface area contributed by atoms with Crippen LogP contribution < -0.4 is 0 Å². The maximum Gasteiger partial charge on any atom is 0.153 e. The molecule has 1 N–H and O–H groups in total. The third kappa shape index (κ3) is 1.73. The maximum absolute atomic E-state index is 8.97. The monoisotopic (exact) mass is 187 g/mol. The predicted octanol–water partition coefficient (Wildman–Crippen LogP) is 0.462. The lowest BCUT2D eigenvalue weighted by Crippen LogP contribution is -1.96. The highest BCUT2D eigenvalue weighted by molar-refractivity contribution is 5.39. The van der Waals surface area contributed by atoms with Crippen molar-refractivity contribution in [2.75, 3.05) is 0 Å². The fourth-order valence-corrected chi connectivity index (χ4v) is 1.06. The van der Waals surface area contributed by atoms with Crippen LogP contribution in [0.15, 0.2) is 24.5 Å². The van der Waals surface area contributed by atoms with Gasteiger partial charge >= 0.3 is 0 Å². The van der Waals surface area contributed by atoms with Crippen LogP contribution in [0.5, 0.6) is 0 Å². The van der Waals surface area contributed by atoms with Gasteiger partial charge < -0.3 is 5.11 Å². The van der Waals surface area contributed by atoms with Gasteiger partial charge in [-0.15, -0.1) is 0 Å². The number of aliphatic hydroxyl groups is 1. The van der Waals surface area contributed by atoms with Gasteiger partial charge in [0.05, 0.1) is 0 Å². The van der Waals surface area contributed by atoms with Gasteiger partial charge in [-0.2, -0.15) is 5.10 Å². The zero-order valence-electron chi connectivity index (χ0n) is 7.68. The van der Waals surface area contributed by atoms with Crippen LogP contribution in [-0.4, -0.2) is 25.8 Å². The smallest absolute Gasteiger partial charge is 0.153 e. The van der Waals surface area contributed by atoms with Gasteiger partial charge in [-0.25, -0.2) is 9.50 Å². The third-order valence-electron chi connectivity index (χ3n) is 1.66. The lowest BCUT2D eigenvalue weighted by atomic mass is 10.3. The Balaban J connectivity index is 2.41. The molecule has 2 rings (SSSR count). The van der Waals surface area contributed by atoms with Gasteiger partial charge in [0.15, 0.2) is 5.65 Å². The van der Waals surface area contributed by atoms with E-state index in [1.165, 1.54) is 0 Å².